The molecule has 0 heterocycles. The number of hydrogen-bond acceptors (Lipinski definition) is 3. The van der Waals surface area contributed by atoms with E-state index in [-0.39, 0.29) is 5.92 Å². The van der Waals surface area contributed by atoms with Crippen molar-refractivity contribution in [2.45, 2.75) is 75.6 Å². The van der Waals surface area contributed by atoms with E-state index in [9.17, 15) is 15.3 Å². The van der Waals surface area contributed by atoms with Gasteiger partial charge in [-0.2, -0.15) is 0 Å². The Morgan fingerprint density at radius 2 is 1.60 bits per heavy atom. The fraction of sp³-hybridized carbons (Fsp3) is 1.00. The lowest BCUT2D eigenvalue weighted by Gasteiger charge is -2.57. The fourth-order valence-corrected chi connectivity index (χ4v) is 6.48. The van der Waals surface area contributed by atoms with Crippen LogP contribution in [0.25, 0.3) is 0 Å². The first-order valence-electron chi connectivity index (χ1n) is 8.70. The molecule has 4 aliphatic carbocycles. The van der Waals surface area contributed by atoms with Crippen LogP contribution in [0.4, 0.5) is 0 Å². The van der Waals surface area contributed by atoms with E-state index in [0.717, 1.165) is 30.6 Å². The van der Waals surface area contributed by atoms with Gasteiger partial charge in [-0.3, -0.25) is 0 Å². The third-order valence-electron chi connectivity index (χ3n) is 7.38. The van der Waals surface area contributed by atoms with Crippen LogP contribution in [-0.2, 0) is 0 Å². The summed E-state index contributed by atoms with van der Waals surface area (Å²) in [6.07, 6.45) is 8.43. The van der Waals surface area contributed by atoms with Crippen molar-refractivity contribution in [2.24, 2.45) is 29.6 Å². The third kappa shape index (κ3) is 1.75. The molecule has 0 aromatic carbocycles. The van der Waals surface area contributed by atoms with Crippen LogP contribution in [0.3, 0.4) is 0 Å². The van der Waals surface area contributed by atoms with E-state index in [4.69, 9.17) is 0 Å². The molecule has 4 rings (SSSR count). The average Bonchev–Trinajstić information content (AvgIpc) is 2.92. The van der Waals surface area contributed by atoms with Crippen LogP contribution in [-0.4, -0.2) is 33.1 Å². The highest BCUT2D eigenvalue weighted by atomic mass is 16.4. The molecule has 3 N–H and O–H groups in total. The highest BCUT2D eigenvalue weighted by molar-refractivity contribution is 5.09. The van der Waals surface area contributed by atoms with Gasteiger partial charge >= 0.3 is 0 Å². The molecule has 0 aliphatic heterocycles. The second kappa shape index (κ2) is 4.69. The van der Waals surface area contributed by atoms with E-state index < -0.39 is 17.8 Å². The Balaban J connectivity index is 1.61. The molecule has 3 heteroatoms. The summed E-state index contributed by atoms with van der Waals surface area (Å²) in [6.45, 7) is 0. The molecular weight excluding hydrogens is 252 g/mol. The minimum Gasteiger partial charge on any atom is -0.390 e. The predicted octanol–water partition coefficient (Wildman–Crippen LogP) is 2.09. The first kappa shape index (κ1) is 13.5. The van der Waals surface area contributed by atoms with Crippen LogP contribution in [0.5, 0.6) is 0 Å². The number of aliphatic hydroxyl groups excluding tert-OH is 2. The lowest BCUT2D eigenvalue weighted by Crippen LogP contribution is -2.63. The van der Waals surface area contributed by atoms with Gasteiger partial charge in [0.25, 0.3) is 0 Å². The molecule has 114 valence electrons. The van der Waals surface area contributed by atoms with Gasteiger partial charge < -0.3 is 15.3 Å². The van der Waals surface area contributed by atoms with Crippen molar-refractivity contribution >= 4 is 0 Å². The summed E-state index contributed by atoms with van der Waals surface area (Å²) in [7, 11) is 0. The molecule has 0 radical (unpaired) electrons. The summed E-state index contributed by atoms with van der Waals surface area (Å²) in [5.74, 6) is 3.43. The van der Waals surface area contributed by atoms with Gasteiger partial charge in [0.15, 0.2) is 0 Å². The van der Waals surface area contributed by atoms with Gasteiger partial charge in [0.2, 0.25) is 0 Å². The van der Waals surface area contributed by atoms with Crippen LogP contribution in [0.1, 0.15) is 57.8 Å². The van der Waals surface area contributed by atoms with E-state index in [1.165, 1.54) is 32.1 Å². The van der Waals surface area contributed by atoms with Crippen molar-refractivity contribution in [1.82, 2.24) is 0 Å². The Morgan fingerprint density at radius 3 is 2.45 bits per heavy atom. The molecule has 8 atom stereocenters. The van der Waals surface area contributed by atoms with Crippen molar-refractivity contribution in [3.63, 3.8) is 0 Å². The van der Waals surface area contributed by atoms with Gasteiger partial charge in [-0.1, -0.05) is 12.8 Å². The largest absolute Gasteiger partial charge is 0.390 e. The molecule has 4 fully saturated rings. The monoisotopic (exact) mass is 280 g/mol. The van der Waals surface area contributed by atoms with Crippen molar-refractivity contribution in [1.29, 1.82) is 0 Å². The molecular formula is C17H28O3. The Labute approximate surface area is 121 Å². The molecule has 3 nitrogen and oxygen atoms in total. The minimum absolute atomic E-state index is 0.223. The quantitative estimate of drug-likeness (QED) is 0.637. The number of fused-ring (bicyclic) bond motifs is 5. The first-order chi connectivity index (χ1) is 9.61. The standard InChI is InChI=1S/C17H28O3/c18-15-7-6-14-13-5-4-10-2-1-3-11(10)12(13)8-9-17(14,20)16(15)19/h10-16,18-20H,1-9H2. The van der Waals surface area contributed by atoms with E-state index in [1.54, 1.807) is 0 Å². The summed E-state index contributed by atoms with van der Waals surface area (Å²) in [5.41, 5.74) is -1.01. The van der Waals surface area contributed by atoms with E-state index in [2.05, 4.69) is 0 Å². The Kier molecular flexibility index (Phi) is 3.17. The molecule has 0 bridgehead atoms. The zero-order valence-electron chi connectivity index (χ0n) is 12.2. The molecule has 0 aromatic heterocycles. The van der Waals surface area contributed by atoms with Crippen molar-refractivity contribution < 1.29 is 15.3 Å². The summed E-state index contributed by atoms with van der Waals surface area (Å²) in [5, 5.41) is 31.2. The zero-order chi connectivity index (χ0) is 13.9. The van der Waals surface area contributed by atoms with E-state index >= 15 is 0 Å². The second-order valence-corrected chi connectivity index (χ2v) is 7.99. The first-order valence-corrected chi connectivity index (χ1v) is 8.70. The van der Waals surface area contributed by atoms with Crippen molar-refractivity contribution in [3.05, 3.63) is 0 Å². The fourth-order valence-electron chi connectivity index (χ4n) is 6.48. The van der Waals surface area contributed by atoms with Gasteiger partial charge in [0.1, 0.15) is 6.10 Å². The van der Waals surface area contributed by atoms with Crippen LogP contribution >= 0.6 is 0 Å². The summed E-state index contributed by atoms with van der Waals surface area (Å²) in [6, 6.07) is 0. The zero-order valence-corrected chi connectivity index (χ0v) is 12.2. The van der Waals surface area contributed by atoms with Crippen LogP contribution in [0.2, 0.25) is 0 Å². The van der Waals surface area contributed by atoms with Gasteiger partial charge in [-0.15, -0.1) is 0 Å². The highest BCUT2D eigenvalue weighted by Gasteiger charge is 2.58. The van der Waals surface area contributed by atoms with Crippen molar-refractivity contribution in [3.8, 4) is 0 Å². The Bertz CT molecular complexity index is 384. The summed E-state index contributed by atoms with van der Waals surface area (Å²) >= 11 is 0. The number of rotatable bonds is 0. The summed E-state index contributed by atoms with van der Waals surface area (Å²) < 4.78 is 0. The predicted molar refractivity (Wildman–Crippen MR) is 76.0 cm³/mol. The van der Waals surface area contributed by atoms with Gasteiger partial charge in [-0.25, -0.2) is 0 Å². The highest BCUT2D eigenvalue weighted by Crippen LogP contribution is 2.58. The average molecular weight is 280 g/mol. The lowest BCUT2D eigenvalue weighted by atomic mass is 9.51. The van der Waals surface area contributed by atoms with Crippen LogP contribution in [0.15, 0.2) is 0 Å². The van der Waals surface area contributed by atoms with Crippen LogP contribution < -0.4 is 0 Å². The van der Waals surface area contributed by atoms with Gasteiger partial charge in [-0.05, 0) is 74.5 Å². The Hall–Kier alpha value is -0.120. The minimum atomic E-state index is -1.01. The molecule has 8 unspecified atom stereocenters. The number of hydrogen-bond donors (Lipinski definition) is 3. The topological polar surface area (TPSA) is 60.7 Å². The maximum atomic E-state index is 11.0. The molecule has 0 amide bonds. The maximum absolute atomic E-state index is 11.0. The summed E-state index contributed by atoms with van der Waals surface area (Å²) in [4.78, 5) is 0. The van der Waals surface area contributed by atoms with Crippen LogP contribution in [0, 0.1) is 29.6 Å². The smallest absolute Gasteiger partial charge is 0.109 e. The molecule has 0 spiro atoms. The molecule has 0 saturated heterocycles. The van der Waals surface area contributed by atoms with Crippen molar-refractivity contribution in [2.75, 3.05) is 0 Å². The molecule has 20 heavy (non-hydrogen) atoms. The number of aliphatic hydroxyl groups is 3. The SMILES string of the molecule is OC1CCC2C3CCC4CCCC4C3CCC2(O)C1O. The second-order valence-electron chi connectivity index (χ2n) is 7.99. The van der Waals surface area contributed by atoms with Gasteiger partial charge in [0.05, 0.1) is 11.7 Å². The maximum Gasteiger partial charge on any atom is 0.109 e. The van der Waals surface area contributed by atoms with E-state index in [0.29, 0.717) is 18.8 Å². The third-order valence-corrected chi connectivity index (χ3v) is 7.38. The normalized spacial score (nSPS) is 58.6. The Morgan fingerprint density at radius 1 is 0.750 bits per heavy atom. The lowest BCUT2D eigenvalue weighted by molar-refractivity contribution is -0.222. The molecule has 4 aliphatic rings. The molecule has 4 saturated carbocycles. The van der Waals surface area contributed by atoms with E-state index in [1.807, 2.05) is 0 Å². The van der Waals surface area contributed by atoms with Gasteiger partial charge in [0, 0.05) is 0 Å². The molecule has 0 aromatic rings.